The van der Waals surface area contributed by atoms with Crippen molar-refractivity contribution < 1.29 is 0 Å². The van der Waals surface area contributed by atoms with E-state index < -0.39 is 0 Å². The summed E-state index contributed by atoms with van der Waals surface area (Å²) in [6.07, 6.45) is 6.00. The molecule has 4 atom stereocenters. The van der Waals surface area contributed by atoms with Gasteiger partial charge < -0.3 is 0 Å². The summed E-state index contributed by atoms with van der Waals surface area (Å²) >= 11 is 0. The first-order valence-electron chi connectivity index (χ1n) is 7.91. The zero-order valence-corrected chi connectivity index (χ0v) is 12.8. The van der Waals surface area contributed by atoms with E-state index in [-0.39, 0.29) is 6.71 Å². The maximum Gasteiger partial charge on any atom is 0.191 e. The van der Waals surface area contributed by atoms with E-state index in [1.165, 1.54) is 25.6 Å². The van der Waals surface area contributed by atoms with Crippen LogP contribution in [0.4, 0.5) is 0 Å². The molecule has 0 amide bonds. The maximum atomic E-state index is 2.54. The zero-order valence-electron chi connectivity index (χ0n) is 12.8. The van der Waals surface area contributed by atoms with Crippen LogP contribution in [0.15, 0.2) is 0 Å². The normalized spacial score (nSPS) is 38.6. The van der Waals surface area contributed by atoms with Gasteiger partial charge in [-0.2, -0.15) is 0 Å². The Morgan fingerprint density at radius 1 is 1.18 bits per heavy atom. The standard InChI is InChI=1S/C16H31B/c1-11(2)16(5,6)17-10-13(4)14-8-7-12(3)15(17)9-14/h11-14,17H,7-10H2,1-6H3. The quantitative estimate of drug-likeness (QED) is 0.473. The van der Waals surface area contributed by atoms with Gasteiger partial charge >= 0.3 is 0 Å². The molecular formula is C16H31B. The Hall–Kier alpha value is -0.0651. The molecule has 2 bridgehead atoms. The molecule has 2 fully saturated rings. The maximum absolute atomic E-state index is 2.54. The first-order valence-corrected chi connectivity index (χ1v) is 7.91. The van der Waals surface area contributed by atoms with Gasteiger partial charge in [-0.3, -0.25) is 0 Å². The molecule has 4 unspecified atom stereocenters. The molecule has 1 saturated heterocycles. The largest absolute Gasteiger partial charge is 0.191 e. The Bertz CT molecular complexity index is 269. The predicted molar refractivity (Wildman–Crippen MR) is 79.7 cm³/mol. The summed E-state index contributed by atoms with van der Waals surface area (Å²) in [6.45, 7) is 14.9. The molecule has 1 aliphatic heterocycles. The Kier molecular flexibility index (Phi) is 3.58. The summed E-state index contributed by atoms with van der Waals surface area (Å²) in [7, 11) is 0. The number of hydrogen-bond acceptors (Lipinski definition) is 0. The third-order valence-corrected chi connectivity index (χ3v) is 6.95. The highest BCUT2D eigenvalue weighted by Crippen LogP contribution is 2.54. The molecule has 98 valence electrons. The lowest BCUT2D eigenvalue weighted by molar-refractivity contribution is 0.247. The van der Waals surface area contributed by atoms with Crippen LogP contribution in [0.25, 0.3) is 0 Å². The lowest BCUT2D eigenvalue weighted by atomic mass is 9.19. The summed E-state index contributed by atoms with van der Waals surface area (Å²) in [5.74, 6) is 5.79. The SMILES string of the molecule is CC1CCC2C[C+]1[BH-](C(C)(C)C(C)C)CC2C. The van der Waals surface area contributed by atoms with Gasteiger partial charge in [-0.15, -0.1) is 17.5 Å². The van der Waals surface area contributed by atoms with Gasteiger partial charge in [0, 0.05) is 6.42 Å². The molecule has 1 saturated carbocycles. The molecule has 0 N–H and O–H groups in total. The fourth-order valence-electron chi connectivity index (χ4n) is 4.72. The summed E-state index contributed by atoms with van der Waals surface area (Å²) in [5.41, 5.74) is 0. The van der Waals surface area contributed by atoms with Crippen molar-refractivity contribution in [2.45, 2.75) is 72.4 Å². The van der Waals surface area contributed by atoms with Crippen molar-refractivity contribution in [1.29, 1.82) is 0 Å². The Morgan fingerprint density at radius 2 is 1.82 bits per heavy atom. The second-order valence-electron chi connectivity index (χ2n) is 8.19. The van der Waals surface area contributed by atoms with E-state index in [0.29, 0.717) is 5.31 Å². The van der Waals surface area contributed by atoms with Gasteiger partial charge in [0.15, 0.2) is 6.71 Å². The van der Waals surface area contributed by atoms with Crippen molar-refractivity contribution in [3.05, 3.63) is 5.82 Å². The van der Waals surface area contributed by atoms with Crippen molar-refractivity contribution in [2.75, 3.05) is 0 Å². The van der Waals surface area contributed by atoms with Gasteiger partial charge in [0.2, 0.25) is 0 Å². The highest BCUT2D eigenvalue weighted by molar-refractivity contribution is 6.68. The molecule has 1 heteroatoms. The van der Waals surface area contributed by atoms with Crippen LogP contribution in [-0.4, -0.2) is 6.71 Å². The van der Waals surface area contributed by atoms with Crippen LogP contribution in [0, 0.1) is 29.5 Å². The fraction of sp³-hybridized carbons (Fsp3) is 0.938. The molecule has 2 rings (SSSR count). The molecule has 0 spiro atoms. The summed E-state index contributed by atoms with van der Waals surface area (Å²) in [4.78, 5) is 0. The van der Waals surface area contributed by atoms with Crippen molar-refractivity contribution in [1.82, 2.24) is 0 Å². The first kappa shape index (κ1) is 13.4. The third kappa shape index (κ3) is 2.27. The Labute approximate surface area is 109 Å². The van der Waals surface area contributed by atoms with Crippen LogP contribution < -0.4 is 0 Å². The second kappa shape index (κ2) is 4.55. The van der Waals surface area contributed by atoms with Gasteiger partial charge in [0.05, 0.1) is 5.92 Å². The molecule has 0 aromatic heterocycles. The summed E-state index contributed by atoms with van der Waals surface area (Å²) < 4.78 is 0. The van der Waals surface area contributed by atoms with E-state index in [9.17, 15) is 0 Å². The van der Waals surface area contributed by atoms with Crippen LogP contribution in [0.5, 0.6) is 0 Å². The van der Waals surface area contributed by atoms with Crippen LogP contribution in [0.1, 0.15) is 60.8 Å². The van der Waals surface area contributed by atoms with Gasteiger partial charge in [0.1, 0.15) is 0 Å². The van der Waals surface area contributed by atoms with Crippen LogP contribution in [0.3, 0.4) is 0 Å². The minimum absolute atomic E-state index is 0.0651. The molecule has 1 aliphatic carbocycles. The monoisotopic (exact) mass is 234 g/mol. The number of rotatable bonds is 2. The minimum Gasteiger partial charge on any atom is -0.132 e. The van der Waals surface area contributed by atoms with E-state index >= 15 is 0 Å². The van der Waals surface area contributed by atoms with Gasteiger partial charge in [-0.05, 0) is 25.7 Å². The third-order valence-electron chi connectivity index (χ3n) is 6.95. The van der Waals surface area contributed by atoms with Gasteiger partial charge in [-0.25, -0.2) is 0 Å². The first-order chi connectivity index (χ1) is 7.84. The molecule has 0 radical (unpaired) electrons. The molecule has 2 aliphatic rings. The predicted octanol–water partition coefficient (Wildman–Crippen LogP) is 4.85. The Balaban J connectivity index is 2.21. The van der Waals surface area contributed by atoms with Crippen LogP contribution in [-0.2, 0) is 0 Å². The van der Waals surface area contributed by atoms with Crippen molar-refractivity contribution in [3.63, 3.8) is 0 Å². The number of hydrogen-bond donors (Lipinski definition) is 0. The lowest BCUT2D eigenvalue weighted by Gasteiger charge is -2.52. The molecule has 0 aromatic carbocycles. The van der Waals surface area contributed by atoms with Crippen LogP contribution >= 0.6 is 0 Å². The van der Waals surface area contributed by atoms with Gasteiger partial charge in [0.25, 0.3) is 0 Å². The second-order valence-corrected chi connectivity index (χ2v) is 8.19. The fourth-order valence-corrected chi connectivity index (χ4v) is 4.72. The van der Waals surface area contributed by atoms with Crippen molar-refractivity contribution in [3.8, 4) is 0 Å². The summed E-state index contributed by atoms with van der Waals surface area (Å²) in [5, 5.41) is 0.570. The summed E-state index contributed by atoms with van der Waals surface area (Å²) in [6, 6.07) is 0. The van der Waals surface area contributed by atoms with E-state index in [0.717, 1.165) is 23.7 Å². The molecule has 17 heavy (non-hydrogen) atoms. The highest BCUT2D eigenvalue weighted by atomic mass is 14.4. The lowest BCUT2D eigenvalue weighted by Crippen LogP contribution is -2.48. The molecule has 0 aromatic rings. The van der Waals surface area contributed by atoms with E-state index in [2.05, 4.69) is 41.5 Å². The average molecular weight is 234 g/mol. The molecule has 1 heterocycles. The molecule has 0 nitrogen and oxygen atoms in total. The van der Waals surface area contributed by atoms with Gasteiger partial charge in [-0.1, -0.05) is 46.5 Å². The smallest absolute Gasteiger partial charge is 0.132 e. The van der Waals surface area contributed by atoms with Crippen molar-refractivity contribution in [2.24, 2.45) is 23.7 Å². The average Bonchev–Trinajstić information content (AvgIpc) is 2.26. The zero-order chi connectivity index (χ0) is 12.8. The number of fused-ring (bicyclic) bond motifs is 2. The Morgan fingerprint density at radius 3 is 2.41 bits per heavy atom. The molecular weight excluding hydrogens is 203 g/mol. The van der Waals surface area contributed by atoms with E-state index in [4.69, 9.17) is 0 Å². The van der Waals surface area contributed by atoms with Crippen LogP contribution in [0.2, 0.25) is 11.6 Å². The van der Waals surface area contributed by atoms with Crippen molar-refractivity contribution >= 4 is 6.71 Å². The van der Waals surface area contributed by atoms with E-state index in [1.54, 1.807) is 0 Å². The van der Waals surface area contributed by atoms with E-state index in [1.807, 2.05) is 5.82 Å². The minimum atomic E-state index is -0.0651. The topological polar surface area (TPSA) is 0 Å². The highest BCUT2D eigenvalue weighted by Gasteiger charge is 2.49.